The Bertz CT molecular complexity index is 597. The number of aryl methyl sites for hydroxylation is 1. The third-order valence-corrected chi connectivity index (χ3v) is 6.51. The molecule has 21 heavy (non-hydrogen) atoms. The van der Waals surface area contributed by atoms with Crippen LogP contribution in [0.25, 0.3) is 0 Å². The van der Waals surface area contributed by atoms with Crippen molar-refractivity contribution >= 4 is 10.0 Å². The number of hydrogen-bond acceptors (Lipinski definition) is 3. The van der Waals surface area contributed by atoms with Crippen molar-refractivity contribution in [3.63, 3.8) is 0 Å². The summed E-state index contributed by atoms with van der Waals surface area (Å²) in [4.78, 5) is 0.424. The van der Waals surface area contributed by atoms with E-state index in [-0.39, 0.29) is 12.1 Å². The second kappa shape index (κ2) is 6.07. The molecule has 1 aliphatic carbocycles. The smallest absolute Gasteiger partial charge is 0.243 e. The minimum Gasteiger partial charge on any atom is -0.375 e. The van der Waals surface area contributed by atoms with Crippen LogP contribution in [0.2, 0.25) is 0 Å². The van der Waals surface area contributed by atoms with Crippen LogP contribution in [0.4, 0.5) is 0 Å². The minimum absolute atomic E-state index is 0.0165. The van der Waals surface area contributed by atoms with E-state index in [1.165, 1.54) is 0 Å². The minimum atomic E-state index is -3.41. The van der Waals surface area contributed by atoms with Gasteiger partial charge in [-0.15, -0.1) is 0 Å². The molecule has 116 valence electrons. The van der Waals surface area contributed by atoms with Gasteiger partial charge in [0.1, 0.15) is 0 Å². The zero-order valence-electron chi connectivity index (χ0n) is 12.5. The summed E-state index contributed by atoms with van der Waals surface area (Å²) in [6.07, 6.45) is 5.05. The Labute approximate surface area is 127 Å². The summed E-state index contributed by atoms with van der Waals surface area (Å²) in [5.41, 5.74) is 1.06. The van der Waals surface area contributed by atoms with Crippen molar-refractivity contribution in [3.05, 3.63) is 29.8 Å². The molecule has 1 aromatic rings. The molecular formula is C16H23NO3S. The zero-order chi connectivity index (χ0) is 14.9. The molecule has 0 amide bonds. The number of sulfonamides is 1. The fraction of sp³-hybridized carbons (Fsp3) is 0.625. The van der Waals surface area contributed by atoms with Crippen molar-refractivity contribution in [2.24, 2.45) is 0 Å². The zero-order valence-corrected chi connectivity index (χ0v) is 13.3. The van der Waals surface area contributed by atoms with Crippen LogP contribution in [-0.2, 0) is 21.2 Å². The maximum Gasteiger partial charge on any atom is 0.243 e. The second-order valence-corrected chi connectivity index (χ2v) is 7.77. The van der Waals surface area contributed by atoms with E-state index >= 15 is 0 Å². The average Bonchev–Trinajstić information content (AvgIpc) is 2.54. The predicted molar refractivity (Wildman–Crippen MR) is 81.7 cm³/mol. The average molecular weight is 309 g/mol. The lowest BCUT2D eigenvalue weighted by Gasteiger charge is -2.42. The largest absolute Gasteiger partial charge is 0.375 e. The summed E-state index contributed by atoms with van der Waals surface area (Å²) < 4.78 is 33.4. The molecule has 0 unspecified atom stereocenters. The number of hydrogen-bond donors (Lipinski definition) is 0. The van der Waals surface area contributed by atoms with E-state index in [1.807, 2.05) is 25.1 Å². The van der Waals surface area contributed by atoms with Gasteiger partial charge in [0.25, 0.3) is 0 Å². The van der Waals surface area contributed by atoms with Crippen molar-refractivity contribution in [1.29, 1.82) is 0 Å². The van der Waals surface area contributed by atoms with Gasteiger partial charge in [-0.05, 0) is 37.0 Å². The highest BCUT2D eigenvalue weighted by molar-refractivity contribution is 7.89. The van der Waals surface area contributed by atoms with Crippen molar-refractivity contribution in [2.75, 3.05) is 13.2 Å². The summed E-state index contributed by atoms with van der Waals surface area (Å²) >= 11 is 0. The Hall–Kier alpha value is -0.910. The van der Waals surface area contributed by atoms with E-state index in [0.717, 1.165) is 37.7 Å². The lowest BCUT2D eigenvalue weighted by molar-refractivity contribution is -0.0586. The molecule has 0 radical (unpaired) electrons. The van der Waals surface area contributed by atoms with Gasteiger partial charge in [0.15, 0.2) is 0 Å². The molecule has 0 spiro atoms. The number of fused-ring (bicyclic) bond motifs is 1. The molecule has 0 N–H and O–H groups in total. The van der Waals surface area contributed by atoms with Crippen molar-refractivity contribution in [3.8, 4) is 0 Å². The van der Waals surface area contributed by atoms with E-state index in [0.29, 0.717) is 18.0 Å². The van der Waals surface area contributed by atoms with Crippen LogP contribution in [-0.4, -0.2) is 38.0 Å². The number of nitrogens with zero attached hydrogens (tertiary/aromatic N) is 1. The molecular weight excluding hydrogens is 286 g/mol. The molecule has 2 aliphatic rings. The van der Waals surface area contributed by atoms with Crippen molar-refractivity contribution in [2.45, 2.75) is 56.1 Å². The molecule has 1 heterocycles. The Morgan fingerprint density at radius 3 is 2.90 bits per heavy atom. The van der Waals surface area contributed by atoms with Gasteiger partial charge in [-0.3, -0.25) is 0 Å². The van der Waals surface area contributed by atoms with Gasteiger partial charge >= 0.3 is 0 Å². The Balaban J connectivity index is 1.92. The molecule has 0 bridgehead atoms. The molecule has 3 rings (SSSR count). The van der Waals surface area contributed by atoms with Crippen LogP contribution in [0.1, 0.15) is 38.2 Å². The molecule has 1 saturated heterocycles. The van der Waals surface area contributed by atoms with Gasteiger partial charge in [0.05, 0.1) is 23.6 Å². The van der Waals surface area contributed by atoms with E-state index < -0.39 is 10.0 Å². The summed E-state index contributed by atoms with van der Waals surface area (Å²) in [6, 6.07) is 7.35. The number of benzene rings is 1. The van der Waals surface area contributed by atoms with Crippen LogP contribution in [0.5, 0.6) is 0 Å². The molecule has 2 fully saturated rings. The van der Waals surface area contributed by atoms with Crippen LogP contribution in [0, 0.1) is 0 Å². The van der Waals surface area contributed by atoms with Crippen molar-refractivity contribution in [1.82, 2.24) is 4.31 Å². The van der Waals surface area contributed by atoms with Crippen LogP contribution in [0.15, 0.2) is 29.2 Å². The van der Waals surface area contributed by atoms with Gasteiger partial charge in [-0.25, -0.2) is 8.42 Å². The molecule has 5 heteroatoms. The van der Waals surface area contributed by atoms with E-state index in [1.54, 1.807) is 10.4 Å². The maximum atomic E-state index is 13.0. The first kappa shape index (κ1) is 15.0. The fourth-order valence-corrected chi connectivity index (χ4v) is 5.15. The first-order valence-electron chi connectivity index (χ1n) is 7.85. The Kier molecular flexibility index (Phi) is 4.33. The predicted octanol–water partition coefficient (Wildman–Crippen LogP) is 2.58. The number of ether oxygens (including phenoxy) is 1. The standard InChI is InChI=1S/C16H23NO3S/c1-2-13-6-5-7-14(12-13)21(18,19)17-10-11-20-16-9-4-3-8-15(16)17/h5-7,12,15-16H,2-4,8-11H2,1H3/t15-,16-/m1/s1. The number of rotatable bonds is 3. The normalized spacial score (nSPS) is 27.3. The highest BCUT2D eigenvalue weighted by atomic mass is 32.2. The third kappa shape index (κ3) is 2.87. The van der Waals surface area contributed by atoms with Gasteiger partial charge in [0, 0.05) is 6.54 Å². The Morgan fingerprint density at radius 1 is 1.29 bits per heavy atom. The molecule has 2 atom stereocenters. The summed E-state index contributed by atoms with van der Waals surface area (Å²) in [5.74, 6) is 0. The summed E-state index contributed by atoms with van der Waals surface area (Å²) in [6.45, 7) is 3.02. The SMILES string of the molecule is CCc1cccc(S(=O)(=O)N2CCO[C@@H]3CCCC[C@H]32)c1. The first-order chi connectivity index (χ1) is 10.1. The lowest BCUT2D eigenvalue weighted by atomic mass is 9.91. The van der Waals surface area contributed by atoms with E-state index in [9.17, 15) is 8.42 Å². The third-order valence-electron chi connectivity index (χ3n) is 4.59. The second-order valence-electron chi connectivity index (χ2n) is 5.88. The molecule has 1 aromatic carbocycles. The summed E-state index contributed by atoms with van der Waals surface area (Å²) in [5, 5.41) is 0. The topological polar surface area (TPSA) is 46.6 Å². The van der Waals surface area contributed by atoms with Gasteiger partial charge in [-0.2, -0.15) is 4.31 Å². The number of morpholine rings is 1. The monoisotopic (exact) mass is 309 g/mol. The highest BCUT2D eigenvalue weighted by Crippen LogP contribution is 2.32. The van der Waals surface area contributed by atoms with Crippen LogP contribution >= 0.6 is 0 Å². The van der Waals surface area contributed by atoms with Gasteiger partial charge < -0.3 is 4.74 Å². The molecule has 1 aliphatic heterocycles. The van der Waals surface area contributed by atoms with Crippen molar-refractivity contribution < 1.29 is 13.2 Å². The Morgan fingerprint density at radius 2 is 2.10 bits per heavy atom. The van der Waals surface area contributed by atoms with E-state index in [4.69, 9.17) is 4.74 Å². The van der Waals surface area contributed by atoms with Gasteiger partial charge in [-0.1, -0.05) is 31.9 Å². The molecule has 0 aromatic heterocycles. The lowest BCUT2D eigenvalue weighted by Crippen LogP contribution is -2.54. The van der Waals surface area contributed by atoms with Gasteiger partial charge in [0.2, 0.25) is 10.0 Å². The fourth-order valence-electron chi connectivity index (χ4n) is 3.42. The van der Waals surface area contributed by atoms with Crippen LogP contribution < -0.4 is 0 Å². The highest BCUT2D eigenvalue weighted by Gasteiger charge is 2.40. The summed E-state index contributed by atoms with van der Waals surface area (Å²) in [7, 11) is -3.41. The maximum absolute atomic E-state index is 13.0. The first-order valence-corrected chi connectivity index (χ1v) is 9.29. The molecule has 1 saturated carbocycles. The molecule has 4 nitrogen and oxygen atoms in total. The van der Waals surface area contributed by atoms with E-state index in [2.05, 4.69) is 0 Å². The quantitative estimate of drug-likeness (QED) is 0.862. The van der Waals surface area contributed by atoms with Crippen LogP contribution in [0.3, 0.4) is 0 Å².